The fraction of sp³-hybridized carbons (Fsp3) is 0.923. The van der Waals surface area contributed by atoms with Crippen LogP contribution in [-0.4, -0.2) is 41.9 Å². The Morgan fingerprint density at radius 2 is 2.00 bits per heavy atom. The van der Waals surface area contributed by atoms with Crippen LogP contribution >= 0.6 is 0 Å². The number of fused-ring (bicyclic) bond motifs is 1. The van der Waals surface area contributed by atoms with Crippen LogP contribution in [0.4, 0.5) is 18.0 Å². The number of carbonyl (C=O) groups is 1. The topological polar surface area (TPSA) is 55.6 Å². The van der Waals surface area contributed by atoms with Gasteiger partial charge in [0.15, 0.2) is 0 Å². The van der Waals surface area contributed by atoms with Crippen LogP contribution in [0.3, 0.4) is 0 Å². The third-order valence-corrected chi connectivity index (χ3v) is 4.13. The molecule has 1 saturated carbocycles. The SMILES string of the molecule is CC(C)(C)OC(=O)N1C[C@@H]2C[C@H]1C2C(CN)C(F)(F)F. The first-order chi connectivity index (χ1) is 9.04. The van der Waals surface area contributed by atoms with Gasteiger partial charge in [-0.25, -0.2) is 4.79 Å². The molecule has 4 atom stereocenters. The first-order valence-corrected chi connectivity index (χ1v) is 6.81. The minimum absolute atomic E-state index is 0.109. The van der Waals surface area contributed by atoms with Gasteiger partial charge < -0.3 is 15.4 Å². The molecule has 7 heteroatoms. The molecular weight excluding hydrogens is 273 g/mol. The minimum Gasteiger partial charge on any atom is -0.444 e. The van der Waals surface area contributed by atoms with E-state index in [0.717, 1.165) is 0 Å². The van der Waals surface area contributed by atoms with Crippen molar-refractivity contribution < 1.29 is 22.7 Å². The second-order valence-electron chi connectivity index (χ2n) is 6.66. The normalized spacial score (nSPS) is 30.9. The van der Waals surface area contributed by atoms with Gasteiger partial charge in [0.2, 0.25) is 0 Å². The molecule has 2 saturated heterocycles. The monoisotopic (exact) mass is 294 g/mol. The van der Waals surface area contributed by atoms with Crippen molar-refractivity contribution in [3.8, 4) is 0 Å². The maximum Gasteiger partial charge on any atom is 0.410 e. The van der Waals surface area contributed by atoms with Crippen LogP contribution in [0.5, 0.6) is 0 Å². The number of nitrogens with two attached hydrogens (primary N) is 1. The van der Waals surface area contributed by atoms with Crippen molar-refractivity contribution in [1.82, 2.24) is 4.90 Å². The van der Waals surface area contributed by atoms with E-state index in [0.29, 0.717) is 13.0 Å². The first-order valence-electron chi connectivity index (χ1n) is 6.81. The van der Waals surface area contributed by atoms with Crippen molar-refractivity contribution in [2.24, 2.45) is 23.5 Å². The zero-order valence-corrected chi connectivity index (χ0v) is 11.9. The fourth-order valence-corrected chi connectivity index (χ4v) is 3.30. The molecule has 2 N–H and O–H groups in total. The van der Waals surface area contributed by atoms with Gasteiger partial charge >= 0.3 is 12.3 Å². The summed E-state index contributed by atoms with van der Waals surface area (Å²) in [5, 5.41) is 0. The molecule has 2 bridgehead atoms. The van der Waals surface area contributed by atoms with E-state index < -0.39 is 36.3 Å². The summed E-state index contributed by atoms with van der Waals surface area (Å²) in [5.41, 5.74) is 4.65. The predicted octanol–water partition coefficient (Wildman–Crippen LogP) is 2.38. The summed E-state index contributed by atoms with van der Waals surface area (Å²) in [6.07, 6.45) is -4.21. The van der Waals surface area contributed by atoms with E-state index in [1.165, 1.54) is 4.90 Å². The Morgan fingerprint density at radius 3 is 2.45 bits per heavy atom. The number of ether oxygens (including phenoxy) is 1. The van der Waals surface area contributed by atoms with Gasteiger partial charge in [0.25, 0.3) is 0 Å². The maximum absolute atomic E-state index is 13.0. The quantitative estimate of drug-likeness (QED) is 0.850. The molecule has 0 radical (unpaired) electrons. The molecule has 0 aromatic rings. The van der Waals surface area contributed by atoms with Crippen LogP contribution in [0, 0.1) is 17.8 Å². The molecule has 1 aliphatic carbocycles. The lowest BCUT2D eigenvalue weighted by Crippen LogP contribution is -2.51. The number of halogens is 3. The number of alkyl halides is 3. The predicted molar refractivity (Wildman–Crippen MR) is 66.9 cm³/mol. The first kappa shape index (κ1) is 15.4. The average Bonchev–Trinajstić information content (AvgIpc) is 2.79. The Bertz CT molecular complexity index is 392. The Balaban J connectivity index is 2.05. The average molecular weight is 294 g/mol. The van der Waals surface area contributed by atoms with Crippen molar-refractivity contribution in [2.45, 2.75) is 45.0 Å². The van der Waals surface area contributed by atoms with Crippen molar-refractivity contribution in [2.75, 3.05) is 13.1 Å². The second-order valence-corrected chi connectivity index (χ2v) is 6.66. The molecule has 4 nitrogen and oxygen atoms in total. The lowest BCUT2D eigenvalue weighted by Gasteiger charge is -2.42. The van der Waals surface area contributed by atoms with Gasteiger partial charge in [0, 0.05) is 19.1 Å². The van der Waals surface area contributed by atoms with Gasteiger partial charge in [-0.05, 0) is 39.0 Å². The summed E-state index contributed by atoms with van der Waals surface area (Å²) in [6.45, 7) is 5.13. The molecule has 2 heterocycles. The van der Waals surface area contributed by atoms with E-state index in [1.807, 2.05) is 0 Å². The third kappa shape index (κ3) is 2.73. The summed E-state index contributed by atoms with van der Waals surface area (Å²) >= 11 is 0. The zero-order valence-electron chi connectivity index (χ0n) is 11.9. The summed E-state index contributed by atoms with van der Waals surface area (Å²) in [6, 6.07) is -0.384. The molecule has 3 fully saturated rings. The zero-order chi connectivity index (χ0) is 15.3. The highest BCUT2D eigenvalue weighted by Crippen LogP contribution is 2.53. The Morgan fingerprint density at radius 1 is 1.40 bits per heavy atom. The molecular formula is C13H21F3N2O2. The van der Waals surface area contributed by atoms with Gasteiger partial charge in [0.1, 0.15) is 5.60 Å². The Labute approximate surface area is 116 Å². The number of hydrogen-bond acceptors (Lipinski definition) is 3. The largest absolute Gasteiger partial charge is 0.444 e. The standard InChI is InChI=1S/C13H21F3N2O2/c1-12(2,3)20-11(19)18-6-7-4-9(18)10(7)8(5-17)13(14,15)16/h7-10H,4-6,17H2,1-3H3/t7-,8?,9-,10?/m0/s1. The summed E-state index contributed by atoms with van der Waals surface area (Å²) in [4.78, 5) is 13.4. The number of amides is 1. The van der Waals surface area contributed by atoms with Gasteiger partial charge in [-0.3, -0.25) is 0 Å². The van der Waals surface area contributed by atoms with Gasteiger partial charge in [-0.1, -0.05) is 0 Å². The highest BCUT2D eigenvalue weighted by atomic mass is 19.4. The van der Waals surface area contributed by atoms with Crippen molar-refractivity contribution in [3.63, 3.8) is 0 Å². The van der Waals surface area contributed by atoms with E-state index in [2.05, 4.69) is 0 Å². The summed E-state index contributed by atoms with van der Waals surface area (Å²) < 4.78 is 44.1. The molecule has 116 valence electrons. The van der Waals surface area contributed by atoms with Crippen LogP contribution in [0.15, 0.2) is 0 Å². The van der Waals surface area contributed by atoms with Crippen LogP contribution in [0.2, 0.25) is 0 Å². The van der Waals surface area contributed by atoms with Crippen molar-refractivity contribution in [3.05, 3.63) is 0 Å². The van der Waals surface area contributed by atoms with E-state index in [-0.39, 0.29) is 12.0 Å². The number of nitrogens with zero attached hydrogens (tertiary/aromatic N) is 1. The summed E-state index contributed by atoms with van der Waals surface area (Å²) in [5.74, 6) is -2.21. The Kier molecular flexibility index (Phi) is 3.69. The highest BCUT2D eigenvalue weighted by molar-refractivity contribution is 5.69. The molecule has 20 heavy (non-hydrogen) atoms. The van der Waals surface area contributed by atoms with Crippen molar-refractivity contribution >= 4 is 6.09 Å². The molecule has 2 aliphatic heterocycles. The smallest absolute Gasteiger partial charge is 0.410 e. The highest BCUT2D eigenvalue weighted by Gasteiger charge is 2.61. The van der Waals surface area contributed by atoms with Crippen LogP contribution in [0.25, 0.3) is 0 Å². The second kappa shape index (κ2) is 4.79. The van der Waals surface area contributed by atoms with E-state index in [4.69, 9.17) is 10.5 Å². The third-order valence-electron chi connectivity index (χ3n) is 4.13. The maximum atomic E-state index is 13.0. The number of hydrogen-bond donors (Lipinski definition) is 1. The van der Waals surface area contributed by atoms with E-state index in [9.17, 15) is 18.0 Å². The van der Waals surface area contributed by atoms with Crippen LogP contribution in [0.1, 0.15) is 27.2 Å². The summed E-state index contributed by atoms with van der Waals surface area (Å²) in [7, 11) is 0. The fourth-order valence-electron chi connectivity index (χ4n) is 3.30. The van der Waals surface area contributed by atoms with E-state index >= 15 is 0 Å². The molecule has 3 aliphatic rings. The number of carbonyl (C=O) groups excluding carboxylic acids is 1. The molecule has 0 aromatic carbocycles. The molecule has 0 spiro atoms. The van der Waals surface area contributed by atoms with E-state index in [1.54, 1.807) is 20.8 Å². The van der Waals surface area contributed by atoms with Crippen LogP contribution < -0.4 is 5.73 Å². The van der Waals surface area contributed by atoms with Gasteiger partial charge in [0.05, 0.1) is 5.92 Å². The minimum atomic E-state index is -4.31. The van der Waals surface area contributed by atoms with Crippen LogP contribution in [-0.2, 0) is 4.74 Å². The molecule has 2 unspecified atom stereocenters. The Hall–Kier alpha value is -0.980. The van der Waals surface area contributed by atoms with Gasteiger partial charge in [-0.2, -0.15) is 13.2 Å². The lowest BCUT2D eigenvalue weighted by molar-refractivity contribution is -0.200. The van der Waals surface area contributed by atoms with Gasteiger partial charge in [-0.15, -0.1) is 0 Å². The van der Waals surface area contributed by atoms with Crippen molar-refractivity contribution in [1.29, 1.82) is 0 Å². The molecule has 0 aromatic heterocycles. The lowest BCUT2D eigenvalue weighted by atomic mass is 9.66. The number of rotatable bonds is 2. The molecule has 3 rings (SSSR count). The molecule has 1 amide bonds.